The SMILES string of the molecule is CCNC(Cc1nc(-c2occc2C)no1)C1CC1. The predicted molar refractivity (Wildman–Crippen MR) is 70.6 cm³/mol. The molecule has 1 unspecified atom stereocenters. The van der Waals surface area contributed by atoms with E-state index in [0.29, 0.717) is 23.5 Å². The van der Waals surface area contributed by atoms with Crippen molar-refractivity contribution in [3.63, 3.8) is 0 Å². The second-order valence-corrected chi connectivity index (χ2v) is 5.15. The van der Waals surface area contributed by atoms with Crippen LogP contribution in [-0.4, -0.2) is 22.7 Å². The van der Waals surface area contributed by atoms with Gasteiger partial charge in [-0.3, -0.25) is 0 Å². The smallest absolute Gasteiger partial charge is 0.238 e. The fourth-order valence-corrected chi connectivity index (χ4v) is 2.39. The molecule has 0 aliphatic heterocycles. The minimum absolute atomic E-state index is 0.455. The van der Waals surface area contributed by atoms with Crippen molar-refractivity contribution in [3.8, 4) is 11.6 Å². The number of aryl methyl sites for hydroxylation is 1. The van der Waals surface area contributed by atoms with Crippen LogP contribution in [0.5, 0.6) is 0 Å². The van der Waals surface area contributed by atoms with Crippen LogP contribution in [0.3, 0.4) is 0 Å². The molecule has 1 fully saturated rings. The summed E-state index contributed by atoms with van der Waals surface area (Å²) < 4.78 is 10.7. The first kappa shape index (κ1) is 12.4. The first-order valence-electron chi connectivity index (χ1n) is 6.88. The largest absolute Gasteiger partial charge is 0.461 e. The van der Waals surface area contributed by atoms with Gasteiger partial charge in [0.1, 0.15) is 0 Å². The van der Waals surface area contributed by atoms with Crippen molar-refractivity contribution < 1.29 is 8.94 Å². The van der Waals surface area contributed by atoms with Gasteiger partial charge in [0.2, 0.25) is 11.7 Å². The van der Waals surface area contributed by atoms with Crippen LogP contribution in [0.15, 0.2) is 21.3 Å². The number of hydrogen-bond acceptors (Lipinski definition) is 5. The Labute approximate surface area is 112 Å². The third-order valence-electron chi connectivity index (χ3n) is 3.59. The lowest BCUT2D eigenvalue weighted by atomic mass is 10.1. The van der Waals surface area contributed by atoms with Gasteiger partial charge in [0, 0.05) is 12.5 Å². The molecule has 1 N–H and O–H groups in total. The molecule has 0 bridgehead atoms. The number of likely N-dealkylation sites (N-methyl/N-ethyl adjacent to an activating group) is 1. The molecule has 1 saturated carbocycles. The summed E-state index contributed by atoms with van der Waals surface area (Å²) in [5.74, 6) is 2.69. The van der Waals surface area contributed by atoms with Crippen molar-refractivity contribution in [2.24, 2.45) is 5.92 Å². The van der Waals surface area contributed by atoms with Crippen LogP contribution < -0.4 is 5.32 Å². The van der Waals surface area contributed by atoms with Crippen LogP contribution in [0.2, 0.25) is 0 Å². The van der Waals surface area contributed by atoms with E-state index >= 15 is 0 Å². The van der Waals surface area contributed by atoms with Gasteiger partial charge >= 0.3 is 0 Å². The van der Waals surface area contributed by atoms with Crippen molar-refractivity contribution in [2.75, 3.05) is 6.54 Å². The summed E-state index contributed by atoms with van der Waals surface area (Å²) in [5.41, 5.74) is 1.03. The molecule has 1 aliphatic rings. The topological polar surface area (TPSA) is 64.1 Å². The standard InChI is InChI=1S/C14H19N3O2/c1-3-15-11(10-4-5-10)8-12-16-14(17-19-12)13-9(2)6-7-18-13/h6-7,10-11,15H,3-5,8H2,1-2H3. The fourth-order valence-electron chi connectivity index (χ4n) is 2.39. The Morgan fingerprint density at radius 2 is 2.32 bits per heavy atom. The van der Waals surface area contributed by atoms with Crippen LogP contribution in [0.1, 0.15) is 31.2 Å². The van der Waals surface area contributed by atoms with Crippen LogP contribution in [0.4, 0.5) is 0 Å². The molecule has 2 heterocycles. The predicted octanol–water partition coefficient (Wildman–Crippen LogP) is 2.57. The van der Waals surface area contributed by atoms with E-state index < -0.39 is 0 Å². The van der Waals surface area contributed by atoms with Gasteiger partial charge in [0.25, 0.3) is 0 Å². The highest BCUT2D eigenvalue weighted by molar-refractivity contribution is 5.50. The zero-order valence-corrected chi connectivity index (χ0v) is 11.3. The molecule has 2 aromatic heterocycles. The number of rotatable bonds is 6. The third-order valence-corrected chi connectivity index (χ3v) is 3.59. The zero-order chi connectivity index (χ0) is 13.2. The maximum absolute atomic E-state index is 5.38. The van der Waals surface area contributed by atoms with Crippen LogP contribution in [0.25, 0.3) is 11.6 Å². The molecule has 0 spiro atoms. The quantitative estimate of drug-likeness (QED) is 0.865. The lowest BCUT2D eigenvalue weighted by Crippen LogP contribution is -2.33. The molecule has 0 radical (unpaired) electrons. The number of nitrogens with one attached hydrogen (secondary N) is 1. The fraction of sp³-hybridized carbons (Fsp3) is 0.571. The Kier molecular flexibility index (Phi) is 3.38. The van der Waals surface area contributed by atoms with Gasteiger partial charge in [0.15, 0.2) is 5.76 Å². The molecule has 102 valence electrons. The van der Waals surface area contributed by atoms with E-state index in [1.807, 2.05) is 13.0 Å². The molecule has 5 heteroatoms. The molecule has 0 saturated heterocycles. The van der Waals surface area contributed by atoms with Crippen molar-refractivity contribution in [2.45, 2.75) is 39.2 Å². The third kappa shape index (κ3) is 2.71. The Balaban J connectivity index is 1.72. The van der Waals surface area contributed by atoms with Gasteiger partial charge < -0.3 is 14.3 Å². The normalized spacial score (nSPS) is 16.7. The average molecular weight is 261 g/mol. The summed E-state index contributed by atoms with van der Waals surface area (Å²) in [5, 5.41) is 7.50. The highest BCUT2D eigenvalue weighted by Gasteiger charge is 2.32. The van der Waals surface area contributed by atoms with E-state index in [1.54, 1.807) is 6.26 Å². The molecular weight excluding hydrogens is 242 g/mol. The number of furan rings is 1. The first-order valence-corrected chi connectivity index (χ1v) is 6.88. The second kappa shape index (κ2) is 5.17. The van der Waals surface area contributed by atoms with E-state index in [-0.39, 0.29) is 0 Å². The lowest BCUT2D eigenvalue weighted by molar-refractivity contribution is 0.347. The van der Waals surface area contributed by atoms with Crippen molar-refractivity contribution in [3.05, 3.63) is 23.8 Å². The summed E-state index contributed by atoms with van der Waals surface area (Å²) in [6.45, 7) is 5.07. The van der Waals surface area contributed by atoms with E-state index in [2.05, 4.69) is 22.4 Å². The molecule has 0 aromatic carbocycles. The number of hydrogen-bond donors (Lipinski definition) is 1. The maximum Gasteiger partial charge on any atom is 0.238 e. The van der Waals surface area contributed by atoms with Crippen LogP contribution in [0, 0.1) is 12.8 Å². The Morgan fingerprint density at radius 3 is 2.95 bits per heavy atom. The van der Waals surface area contributed by atoms with Gasteiger partial charge in [-0.1, -0.05) is 12.1 Å². The summed E-state index contributed by atoms with van der Waals surface area (Å²) in [6.07, 6.45) is 5.05. The second-order valence-electron chi connectivity index (χ2n) is 5.15. The van der Waals surface area contributed by atoms with E-state index in [4.69, 9.17) is 8.94 Å². The summed E-state index contributed by atoms with van der Waals surface area (Å²) in [4.78, 5) is 4.43. The van der Waals surface area contributed by atoms with Crippen molar-refractivity contribution in [1.29, 1.82) is 0 Å². The lowest BCUT2D eigenvalue weighted by Gasteiger charge is -2.14. The van der Waals surface area contributed by atoms with Crippen molar-refractivity contribution in [1.82, 2.24) is 15.5 Å². The molecule has 1 atom stereocenters. The number of aromatic nitrogens is 2. The monoisotopic (exact) mass is 261 g/mol. The highest BCUT2D eigenvalue weighted by Crippen LogP contribution is 2.34. The van der Waals surface area contributed by atoms with Crippen molar-refractivity contribution >= 4 is 0 Å². The molecule has 19 heavy (non-hydrogen) atoms. The molecular formula is C14H19N3O2. The van der Waals surface area contributed by atoms with E-state index in [1.165, 1.54) is 12.8 Å². The summed E-state index contributed by atoms with van der Waals surface area (Å²) in [7, 11) is 0. The van der Waals surface area contributed by atoms with Crippen LogP contribution >= 0.6 is 0 Å². The van der Waals surface area contributed by atoms with Crippen LogP contribution in [-0.2, 0) is 6.42 Å². The summed E-state index contributed by atoms with van der Waals surface area (Å²) >= 11 is 0. The minimum Gasteiger partial charge on any atom is -0.461 e. The van der Waals surface area contributed by atoms with E-state index in [9.17, 15) is 0 Å². The van der Waals surface area contributed by atoms with Gasteiger partial charge in [-0.05, 0) is 43.9 Å². The summed E-state index contributed by atoms with van der Waals surface area (Å²) in [6, 6.07) is 2.35. The van der Waals surface area contributed by atoms with Gasteiger partial charge in [-0.25, -0.2) is 0 Å². The maximum atomic E-state index is 5.38. The first-order chi connectivity index (χ1) is 9.28. The van der Waals surface area contributed by atoms with Gasteiger partial charge in [-0.15, -0.1) is 0 Å². The number of nitrogens with zero attached hydrogens (tertiary/aromatic N) is 2. The minimum atomic E-state index is 0.455. The molecule has 3 rings (SSSR count). The molecule has 5 nitrogen and oxygen atoms in total. The highest BCUT2D eigenvalue weighted by atomic mass is 16.5. The van der Waals surface area contributed by atoms with Gasteiger partial charge in [-0.2, -0.15) is 4.98 Å². The van der Waals surface area contributed by atoms with Gasteiger partial charge in [0.05, 0.1) is 6.26 Å². The Morgan fingerprint density at radius 1 is 1.47 bits per heavy atom. The van der Waals surface area contributed by atoms with E-state index in [0.717, 1.165) is 24.4 Å². The Bertz CT molecular complexity index is 542. The molecule has 0 amide bonds. The average Bonchev–Trinajstić information content (AvgIpc) is 3.00. The zero-order valence-electron chi connectivity index (χ0n) is 11.3. The molecule has 2 aromatic rings. The molecule has 1 aliphatic carbocycles. The Hall–Kier alpha value is -1.62.